The van der Waals surface area contributed by atoms with Crippen molar-refractivity contribution in [2.24, 2.45) is 0 Å². The van der Waals surface area contributed by atoms with Crippen LogP contribution in [0.2, 0.25) is 0 Å². The number of methoxy groups -OCH3 is 1. The van der Waals surface area contributed by atoms with Crippen molar-refractivity contribution >= 4 is 26.0 Å². The SMILES string of the molecule is COCCOCO[C@@H](C)/C=C(/Br)[C@@H](NS(=O)(=O)c1ccc(C)cc1)c1ccccc1. The fraction of sp³-hybridized carbons (Fsp3) is 0.364. The van der Waals surface area contributed by atoms with Crippen LogP contribution in [0.3, 0.4) is 0 Å². The van der Waals surface area contributed by atoms with E-state index < -0.39 is 16.1 Å². The summed E-state index contributed by atoms with van der Waals surface area (Å²) in [5, 5.41) is 0. The van der Waals surface area contributed by atoms with Crippen LogP contribution in [0.4, 0.5) is 0 Å². The molecule has 8 heteroatoms. The molecule has 6 nitrogen and oxygen atoms in total. The number of hydrogen-bond acceptors (Lipinski definition) is 5. The van der Waals surface area contributed by atoms with E-state index in [4.69, 9.17) is 14.2 Å². The molecule has 30 heavy (non-hydrogen) atoms. The van der Waals surface area contributed by atoms with Gasteiger partial charge in [-0.1, -0.05) is 64.0 Å². The molecule has 0 amide bonds. The molecule has 2 atom stereocenters. The number of hydrogen-bond donors (Lipinski definition) is 1. The number of nitrogens with one attached hydrogen (secondary N) is 1. The average molecular weight is 498 g/mol. The standard InChI is InChI=1S/C22H28BrNO5S/c1-17-9-11-20(12-10-17)30(25,26)24-22(19-7-5-4-6-8-19)21(23)15-18(2)29-16-28-14-13-27-3/h4-12,15,18,22,24H,13-14,16H2,1-3H3/b21-15+/t18-,22-/m0/s1. The minimum Gasteiger partial charge on any atom is -0.382 e. The average Bonchev–Trinajstić information content (AvgIpc) is 2.73. The number of halogens is 1. The fourth-order valence-electron chi connectivity index (χ4n) is 2.59. The van der Waals surface area contributed by atoms with Crippen LogP contribution in [-0.2, 0) is 24.2 Å². The van der Waals surface area contributed by atoms with Gasteiger partial charge in [0, 0.05) is 11.6 Å². The van der Waals surface area contributed by atoms with Crippen molar-refractivity contribution in [2.45, 2.75) is 30.9 Å². The highest BCUT2D eigenvalue weighted by Crippen LogP contribution is 2.29. The van der Waals surface area contributed by atoms with Crippen molar-refractivity contribution in [1.29, 1.82) is 0 Å². The quantitative estimate of drug-likeness (QED) is 0.349. The van der Waals surface area contributed by atoms with Crippen LogP contribution in [0, 0.1) is 6.92 Å². The Morgan fingerprint density at radius 1 is 1.10 bits per heavy atom. The molecule has 164 valence electrons. The molecule has 0 aliphatic rings. The summed E-state index contributed by atoms with van der Waals surface area (Å²) in [5.74, 6) is 0. The van der Waals surface area contributed by atoms with Gasteiger partial charge >= 0.3 is 0 Å². The maximum absolute atomic E-state index is 13.0. The Balaban J connectivity index is 2.18. The van der Waals surface area contributed by atoms with E-state index >= 15 is 0 Å². The highest BCUT2D eigenvalue weighted by molar-refractivity contribution is 9.11. The maximum Gasteiger partial charge on any atom is 0.241 e. The molecule has 2 rings (SSSR count). The van der Waals surface area contributed by atoms with Gasteiger partial charge in [0.2, 0.25) is 10.0 Å². The van der Waals surface area contributed by atoms with Crippen molar-refractivity contribution in [3.05, 3.63) is 76.3 Å². The second-order valence-corrected chi connectivity index (χ2v) is 9.35. The monoisotopic (exact) mass is 497 g/mol. The van der Waals surface area contributed by atoms with E-state index in [1.54, 1.807) is 31.4 Å². The van der Waals surface area contributed by atoms with Gasteiger partial charge in [-0.3, -0.25) is 0 Å². The second kappa shape index (κ2) is 12.3. The van der Waals surface area contributed by atoms with Gasteiger partial charge in [-0.05, 0) is 37.6 Å². The number of aryl methyl sites for hydroxylation is 1. The summed E-state index contributed by atoms with van der Waals surface area (Å²) in [7, 11) is -2.13. The highest BCUT2D eigenvalue weighted by atomic mass is 79.9. The molecule has 1 N–H and O–H groups in total. The normalized spacial score (nSPS) is 14.5. The van der Waals surface area contributed by atoms with Crippen molar-refractivity contribution in [3.8, 4) is 0 Å². The molecule has 0 unspecified atom stereocenters. The van der Waals surface area contributed by atoms with Gasteiger partial charge in [-0.15, -0.1) is 0 Å². The van der Waals surface area contributed by atoms with E-state index in [0.29, 0.717) is 17.7 Å². The molecule has 0 aromatic heterocycles. The van der Waals surface area contributed by atoms with Crippen molar-refractivity contribution < 1.29 is 22.6 Å². The van der Waals surface area contributed by atoms with E-state index in [0.717, 1.165) is 11.1 Å². The smallest absolute Gasteiger partial charge is 0.241 e. The van der Waals surface area contributed by atoms with Gasteiger partial charge in [-0.25, -0.2) is 8.42 Å². The van der Waals surface area contributed by atoms with Gasteiger partial charge in [-0.2, -0.15) is 4.72 Å². The molecular weight excluding hydrogens is 470 g/mol. The van der Waals surface area contributed by atoms with Crippen molar-refractivity contribution in [3.63, 3.8) is 0 Å². The lowest BCUT2D eigenvalue weighted by atomic mass is 10.1. The topological polar surface area (TPSA) is 73.9 Å². The molecule has 0 saturated carbocycles. The fourth-order valence-corrected chi connectivity index (χ4v) is 4.70. The summed E-state index contributed by atoms with van der Waals surface area (Å²) in [4.78, 5) is 0.213. The second-order valence-electron chi connectivity index (χ2n) is 6.72. The van der Waals surface area contributed by atoms with Gasteiger partial charge in [0.05, 0.1) is 30.3 Å². The Morgan fingerprint density at radius 3 is 2.40 bits per heavy atom. The number of sulfonamides is 1. The first-order valence-corrected chi connectivity index (χ1v) is 11.8. The van der Waals surface area contributed by atoms with E-state index in [1.165, 1.54) is 0 Å². The Bertz CT molecular complexity index is 901. The Labute approximate surface area is 187 Å². The van der Waals surface area contributed by atoms with E-state index in [9.17, 15) is 8.42 Å². The first-order valence-electron chi connectivity index (χ1n) is 9.53. The zero-order chi connectivity index (χ0) is 22.0. The summed E-state index contributed by atoms with van der Waals surface area (Å²) in [6.07, 6.45) is 1.52. The van der Waals surface area contributed by atoms with E-state index in [2.05, 4.69) is 20.7 Å². The molecule has 0 spiro atoms. The van der Waals surface area contributed by atoms with E-state index in [1.807, 2.05) is 50.3 Å². The van der Waals surface area contributed by atoms with Crippen LogP contribution in [-0.4, -0.2) is 41.6 Å². The van der Waals surface area contributed by atoms with Gasteiger partial charge in [0.25, 0.3) is 0 Å². The third-order valence-electron chi connectivity index (χ3n) is 4.25. The number of benzene rings is 2. The molecule has 0 aliphatic carbocycles. The zero-order valence-electron chi connectivity index (χ0n) is 17.4. The van der Waals surface area contributed by atoms with Crippen LogP contribution in [0.25, 0.3) is 0 Å². The molecule has 0 saturated heterocycles. The minimum absolute atomic E-state index is 0.117. The van der Waals surface area contributed by atoms with Crippen LogP contribution in [0.15, 0.2) is 70.1 Å². The van der Waals surface area contributed by atoms with Crippen LogP contribution in [0.5, 0.6) is 0 Å². The molecule has 0 heterocycles. The summed E-state index contributed by atoms with van der Waals surface area (Å²) in [6, 6.07) is 15.5. The Morgan fingerprint density at radius 2 is 1.77 bits per heavy atom. The third-order valence-corrected chi connectivity index (χ3v) is 6.41. The van der Waals surface area contributed by atoms with Crippen LogP contribution < -0.4 is 4.72 Å². The largest absolute Gasteiger partial charge is 0.382 e. The minimum atomic E-state index is -3.73. The number of rotatable bonds is 12. The van der Waals surface area contributed by atoms with Crippen LogP contribution in [0.1, 0.15) is 24.1 Å². The molecule has 0 bridgehead atoms. The third kappa shape index (κ3) is 7.94. The lowest BCUT2D eigenvalue weighted by Crippen LogP contribution is -2.29. The first kappa shape index (κ1) is 24.7. The zero-order valence-corrected chi connectivity index (χ0v) is 19.8. The lowest BCUT2D eigenvalue weighted by molar-refractivity contribution is -0.0804. The predicted molar refractivity (Wildman–Crippen MR) is 121 cm³/mol. The van der Waals surface area contributed by atoms with Crippen molar-refractivity contribution in [2.75, 3.05) is 27.1 Å². The van der Waals surface area contributed by atoms with Crippen molar-refractivity contribution in [1.82, 2.24) is 4.72 Å². The summed E-state index contributed by atoms with van der Waals surface area (Å²) in [6.45, 7) is 4.82. The van der Waals surface area contributed by atoms with E-state index in [-0.39, 0.29) is 17.8 Å². The molecular formula is C22H28BrNO5S. The van der Waals surface area contributed by atoms with Gasteiger partial charge in [0.15, 0.2) is 0 Å². The first-order chi connectivity index (χ1) is 14.3. The maximum atomic E-state index is 13.0. The summed E-state index contributed by atoms with van der Waals surface area (Å²) < 4.78 is 45.2. The predicted octanol–water partition coefficient (Wildman–Crippen LogP) is 4.32. The summed E-state index contributed by atoms with van der Waals surface area (Å²) >= 11 is 3.55. The molecule has 0 aliphatic heterocycles. The molecule has 0 fully saturated rings. The summed E-state index contributed by atoms with van der Waals surface area (Å²) in [5.41, 5.74) is 1.80. The van der Waals surface area contributed by atoms with Gasteiger partial charge < -0.3 is 14.2 Å². The van der Waals surface area contributed by atoms with Gasteiger partial charge in [0.1, 0.15) is 6.79 Å². The molecule has 2 aromatic rings. The molecule has 2 aromatic carbocycles. The Kier molecular flexibility index (Phi) is 10.2. The lowest BCUT2D eigenvalue weighted by Gasteiger charge is -2.20. The Hall–Kier alpha value is -1.55. The van der Waals surface area contributed by atoms with Crippen LogP contribution >= 0.6 is 15.9 Å². The number of ether oxygens (including phenoxy) is 3. The molecule has 0 radical (unpaired) electrons. The highest BCUT2D eigenvalue weighted by Gasteiger charge is 2.24.